The summed E-state index contributed by atoms with van der Waals surface area (Å²) in [7, 11) is 0. The Morgan fingerprint density at radius 2 is 1.62 bits per heavy atom. The summed E-state index contributed by atoms with van der Waals surface area (Å²) < 4.78 is 0. The number of amides is 1. The van der Waals surface area contributed by atoms with Crippen LogP contribution in [0.5, 0.6) is 0 Å². The average Bonchev–Trinajstić information content (AvgIpc) is 2.96. The molecule has 6 heteroatoms. The largest absolute Gasteiger partial charge is 0.366 e. The molecule has 1 aliphatic heterocycles. The van der Waals surface area contributed by atoms with Gasteiger partial charge in [-0.3, -0.25) is 14.9 Å². The number of hydrogen-bond donors (Lipinski definition) is 1. The number of nitrogens with zero attached hydrogens (tertiary/aromatic N) is 2. The van der Waals surface area contributed by atoms with E-state index in [1.807, 2.05) is 24.3 Å². The fourth-order valence-electron chi connectivity index (χ4n) is 3.65. The highest BCUT2D eigenvalue weighted by atomic mass is 16.6. The topological polar surface area (TPSA) is 75.5 Å². The first-order valence-corrected chi connectivity index (χ1v) is 10.2. The van der Waals surface area contributed by atoms with Gasteiger partial charge in [-0.25, -0.2) is 0 Å². The summed E-state index contributed by atoms with van der Waals surface area (Å²) in [4.78, 5) is 26.0. The van der Waals surface area contributed by atoms with Crippen molar-refractivity contribution in [3.05, 3.63) is 63.7 Å². The molecule has 6 nitrogen and oxygen atoms in total. The summed E-state index contributed by atoms with van der Waals surface area (Å²) in [5.41, 5.74) is 2.75. The standard InChI is InChI=1S/C23H29N3O3/c1-23(2,3)18-9-11-19(12-10-18)24-22(27)17-8-13-20(21(16-17)26(28)29)25-14-6-4-5-7-15-25/h8-13,16H,4-7,14-15H2,1-3H3,(H,24,27). The van der Waals surface area contributed by atoms with Crippen LogP contribution < -0.4 is 10.2 Å². The van der Waals surface area contributed by atoms with E-state index in [9.17, 15) is 14.9 Å². The van der Waals surface area contributed by atoms with Crippen molar-refractivity contribution >= 4 is 23.0 Å². The molecule has 0 atom stereocenters. The number of nitro benzene ring substituents is 1. The molecule has 29 heavy (non-hydrogen) atoms. The molecular weight excluding hydrogens is 366 g/mol. The SMILES string of the molecule is CC(C)(C)c1ccc(NC(=O)c2ccc(N3CCCCCC3)c([N+](=O)[O-])c2)cc1. The Balaban J connectivity index is 1.80. The monoisotopic (exact) mass is 395 g/mol. The Kier molecular flexibility index (Phi) is 6.20. The highest BCUT2D eigenvalue weighted by molar-refractivity contribution is 6.05. The third kappa shape index (κ3) is 5.13. The molecule has 0 bridgehead atoms. The van der Waals surface area contributed by atoms with Gasteiger partial charge in [0.05, 0.1) is 4.92 Å². The van der Waals surface area contributed by atoms with Crippen LogP contribution in [0.3, 0.4) is 0 Å². The highest BCUT2D eigenvalue weighted by Crippen LogP contribution is 2.31. The van der Waals surface area contributed by atoms with Gasteiger partial charge in [-0.1, -0.05) is 45.7 Å². The summed E-state index contributed by atoms with van der Waals surface area (Å²) in [6, 6.07) is 12.5. The predicted molar refractivity (Wildman–Crippen MR) is 117 cm³/mol. The van der Waals surface area contributed by atoms with Gasteiger partial charge in [-0.05, 0) is 48.1 Å². The minimum Gasteiger partial charge on any atom is -0.366 e. The molecule has 0 unspecified atom stereocenters. The molecule has 1 aliphatic rings. The number of hydrogen-bond acceptors (Lipinski definition) is 4. The van der Waals surface area contributed by atoms with E-state index in [-0.39, 0.29) is 22.6 Å². The van der Waals surface area contributed by atoms with Crippen LogP contribution >= 0.6 is 0 Å². The van der Waals surface area contributed by atoms with Gasteiger partial charge >= 0.3 is 0 Å². The number of anilines is 2. The van der Waals surface area contributed by atoms with Crippen LogP contribution in [0, 0.1) is 10.1 Å². The first-order valence-electron chi connectivity index (χ1n) is 10.2. The highest BCUT2D eigenvalue weighted by Gasteiger charge is 2.23. The molecule has 154 valence electrons. The Hall–Kier alpha value is -2.89. The van der Waals surface area contributed by atoms with Crippen LogP contribution in [0.4, 0.5) is 17.1 Å². The fraction of sp³-hybridized carbons (Fsp3) is 0.435. The lowest BCUT2D eigenvalue weighted by Crippen LogP contribution is -2.25. The molecule has 3 rings (SSSR count). The Labute approximate surface area is 172 Å². The number of carbonyl (C=O) groups is 1. The second-order valence-electron chi connectivity index (χ2n) is 8.64. The molecule has 1 amide bonds. The summed E-state index contributed by atoms with van der Waals surface area (Å²) in [6.45, 7) is 8.02. The molecule has 2 aromatic carbocycles. The maximum atomic E-state index is 12.7. The molecule has 0 saturated carbocycles. The third-order valence-electron chi connectivity index (χ3n) is 5.39. The molecule has 0 aliphatic carbocycles. The smallest absolute Gasteiger partial charge is 0.293 e. The van der Waals surface area contributed by atoms with Crippen LogP contribution in [0.25, 0.3) is 0 Å². The number of carbonyl (C=O) groups excluding carboxylic acids is 1. The van der Waals surface area contributed by atoms with Gasteiger partial charge in [0.1, 0.15) is 5.69 Å². The molecule has 1 fully saturated rings. The predicted octanol–water partition coefficient (Wildman–Crippen LogP) is 5.53. The molecule has 0 aromatic heterocycles. The van der Waals surface area contributed by atoms with Gasteiger partial charge in [0.2, 0.25) is 0 Å². The summed E-state index contributed by atoms with van der Waals surface area (Å²) in [5.74, 6) is -0.348. The van der Waals surface area contributed by atoms with Gasteiger partial charge in [-0.2, -0.15) is 0 Å². The maximum Gasteiger partial charge on any atom is 0.293 e. The molecule has 0 radical (unpaired) electrons. The second kappa shape index (κ2) is 8.64. The molecular formula is C23H29N3O3. The van der Waals surface area contributed by atoms with E-state index in [2.05, 4.69) is 31.0 Å². The van der Waals surface area contributed by atoms with Crippen molar-refractivity contribution in [3.8, 4) is 0 Å². The van der Waals surface area contributed by atoms with E-state index in [0.717, 1.165) is 38.8 Å². The van der Waals surface area contributed by atoms with E-state index in [4.69, 9.17) is 0 Å². The Bertz CT molecular complexity index is 877. The molecule has 2 aromatic rings. The minimum atomic E-state index is -0.394. The number of nitro groups is 1. The summed E-state index contributed by atoms with van der Waals surface area (Å²) in [6.07, 6.45) is 4.37. The minimum absolute atomic E-state index is 0.0115. The van der Waals surface area contributed by atoms with Crippen LogP contribution in [0.1, 0.15) is 62.4 Å². The third-order valence-corrected chi connectivity index (χ3v) is 5.39. The second-order valence-corrected chi connectivity index (χ2v) is 8.64. The zero-order chi connectivity index (χ0) is 21.0. The molecule has 1 saturated heterocycles. The van der Waals surface area contributed by atoms with Gasteiger partial charge in [0.25, 0.3) is 11.6 Å². The van der Waals surface area contributed by atoms with Crippen molar-refractivity contribution in [1.82, 2.24) is 0 Å². The maximum absolute atomic E-state index is 12.7. The summed E-state index contributed by atoms with van der Waals surface area (Å²) in [5, 5.41) is 14.5. The van der Waals surface area contributed by atoms with E-state index >= 15 is 0 Å². The van der Waals surface area contributed by atoms with E-state index in [0.29, 0.717) is 11.4 Å². The van der Waals surface area contributed by atoms with Crippen LogP contribution in [0.15, 0.2) is 42.5 Å². The lowest BCUT2D eigenvalue weighted by atomic mass is 9.87. The first-order chi connectivity index (χ1) is 13.8. The first kappa shape index (κ1) is 20.8. The van der Waals surface area contributed by atoms with Gasteiger partial charge in [-0.15, -0.1) is 0 Å². The zero-order valence-corrected chi connectivity index (χ0v) is 17.4. The van der Waals surface area contributed by atoms with Gasteiger partial charge in [0, 0.05) is 30.4 Å². The molecule has 1 heterocycles. The van der Waals surface area contributed by atoms with Crippen LogP contribution in [-0.4, -0.2) is 23.9 Å². The zero-order valence-electron chi connectivity index (χ0n) is 17.4. The lowest BCUT2D eigenvalue weighted by molar-refractivity contribution is -0.384. The van der Waals surface area contributed by atoms with Gasteiger partial charge < -0.3 is 10.2 Å². The van der Waals surface area contributed by atoms with Crippen molar-refractivity contribution in [3.63, 3.8) is 0 Å². The number of nitrogens with one attached hydrogen (secondary N) is 1. The molecule has 0 spiro atoms. The van der Waals surface area contributed by atoms with Gasteiger partial charge in [0.15, 0.2) is 0 Å². The average molecular weight is 396 g/mol. The number of rotatable bonds is 4. The van der Waals surface area contributed by atoms with E-state index < -0.39 is 4.92 Å². The summed E-state index contributed by atoms with van der Waals surface area (Å²) >= 11 is 0. The quantitative estimate of drug-likeness (QED) is 0.546. The molecule has 1 N–H and O–H groups in total. The van der Waals surface area contributed by atoms with Crippen molar-refractivity contribution in [2.24, 2.45) is 0 Å². The number of benzene rings is 2. The van der Waals surface area contributed by atoms with Crippen molar-refractivity contribution < 1.29 is 9.72 Å². The van der Waals surface area contributed by atoms with E-state index in [1.165, 1.54) is 11.6 Å². The fourth-order valence-corrected chi connectivity index (χ4v) is 3.65. The Morgan fingerprint density at radius 1 is 1.00 bits per heavy atom. The van der Waals surface area contributed by atoms with Crippen LogP contribution in [-0.2, 0) is 5.41 Å². The van der Waals surface area contributed by atoms with Crippen LogP contribution in [0.2, 0.25) is 0 Å². The van der Waals surface area contributed by atoms with E-state index in [1.54, 1.807) is 12.1 Å². The Morgan fingerprint density at radius 3 is 2.17 bits per heavy atom. The van der Waals surface area contributed by atoms with Crippen molar-refractivity contribution in [2.75, 3.05) is 23.3 Å². The van der Waals surface area contributed by atoms with Crippen molar-refractivity contribution in [1.29, 1.82) is 0 Å². The van der Waals surface area contributed by atoms with Crippen molar-refractivity contribution in [2.45, 2.75) is 51.9 Å². The lowest BCUT2D eigenvalue weighted by Gasteiger charge is -2.22. The normalized spacial score (nSPS) is 14.9.